The van der Waals surface area contributed by atoms with Gasteiger partial charge >= 0.3 is 0 Å². The predicted octanol–water partition coefficient (Wildman–Crippen LogP) is 4.17. The molecule has 2 aliphatic heterocycles. The first-order valence-electron chi connectivity index (χ1n) is 15.4. The molecule has 0 amide bonds. The fourth-order valence-electron chi connectivity index (χ4n) is 6.86. The van der Waals surface area contributed by atoms with E-state index in [9.17, 15) is 51.1 Å². The Morgan fingerprint density at radius 3 is 1.58 bits per heavy atom. The third-order valence-electron chi connectivity index (χ3n) is 9.16. The van der Waals surface area contributed by atoms with Gasteiger partial charge in [-0.15, -0.1) is 0 Å². The van der Waals surface area contributed by atoms with E-state index in [2.05, 4.69) is 9.97 Å². The number of benzene rings is 5. The van der Waals surface area contributed by atoms with Crippen molar-refractivity contribution in [2.75, 3.05) is 0 Å². The first kappa shape index (κ1) is 30.9. The maximum absolute atomic E-state index is 12.1. The van der Waals surface area contributed by atoms with E-state index in [1.54, 1.807) is 24.3 Å². The van der Waals surface area contributed by atoms with Crippen molar-refractivity contribution >= 4 is 22.1 Å². The van der Waals surface area contributed by atoms with Crippen molar-refractivity contribution < 1.29 is 60.5 Å². The first-order chi connectivity index (χ1) is 23.9. The van der Waals surface area contributed by atoms with Crippen LogP contribution in [-0.2, 0) is 12.8 Å². The number of phenolic OH excluding ortho intramolecular Hbond substituents is 8. The largest absolute Gasteiger partial charge is 0.508 e. The van der Waals surface area contributed by atoms with E-state index in [-0.39, 0.29) is 91.8 Å². The van der Waals surface area contributed by atoms with E-state index in [1.807, 2.05) is 0 Å². The monoisotopic (exact) mass is 680 g/mol. The molecule has 2 aliphatic rings. The number of fused-ring (bicyclic) bond motifs is 4. The molecule has 0 bridgehead atoms. The van der Waals surface area contributed by atoms with Crippen LogP contribution in [0, 0.1) is 0 Å². The van der Waals surface area contributed by atoms with Crippen LogP contribution >= 0.6 is 0 Å². The third-order valence-corrected chi connectivity index (χ3v) is 9.16. The molecule has 0 aliphatic carbocycles. The van der Waals surface area contributed by atoms with Crippen LogP contribution in [0.2, 0.25) is 0 Å². The van der Waals surface area contributed by atoms with Crippen LogP contribution in [0.15, 0.2) is 60.7 Å². The normalized spacial score (nSPS) is 19.8. The van der Waals surface area contributed by atoms with Gasteiger partial charge in [-0.1, -0.05) is 12.1 Å². The van der Waals surface area contributed by atoms with Crippen LogP contribution in [0.3, 0.4) is 0 Å². The summed E-state index contributed by atoms with van der Waals surface area (Å²) in [7, 11) is 0. The molecule has 0 fully saturated rings. The summed E-state index contributed by atoms with van der Waals surface area (Å²) in [6.45, 7) is 0. The Bertz CT molecular complexity index is 2400. The zero-order valence-corrected chi connectivity index (χ0v) is 25.7. The van der Waals surface area contributed by atoms with Crippen molar-refractivity contribution in [1.82, 2.24) is 9.97 Å². The number of para-hydroxylation sites is 2. The molecule has 10 N–H and O–H groups in total. The number of hydrogen-bond donors (Lipinski definition) is 10. The van der Waals surface area contributed by atoms with Crippen LogP contribution in [0.25, 0.3) is 33.2 Å². The van der Waals surface area contributed by atoms with Gasteiger partial charge in [-0.25, -0.2) is 9.97 Å². The number of aliphatic hydroxyl groups is 2. The molecule has 1 aromatic heterocycles. The molecule has 0 radical (unpaired) electrons. The Morgan fingerprint density at radius 1 is 0.520 bits per heavy atom. The zero-order valence-electron chi connectivity index (χ0n) is 25.7. The van der Waals surface area contributed by atoms with Crippen LogP contribution in [-0.4, -0.2) is 73.2 Å². The molecule has 14 heteroatoms. The Labute approximate surface area is 281 Å². The molecule has 8 rings (SSSR count). The van der Waals surface area contributed by atoms with Gasteiger partial charge in [0.05, 0.1) is 28.8 Å². The van der Waals surface area contributed by atoms with Gasteiger partial charge in [0, 0.05) is 70.5 Å². The van der Waals surface area contributed by atoms with E-state index >= 15 is 0 Å². The van der Waals surface area contributed by atoms with E-state index < -0.39 is 47.4 Å². The number of hydrogen-bond acceptors (Lipinski definition) is 14. The van der Waals surface area contributed by atoms with Crippen molar-refractivity contribution in [2.45, 2.75) is 37.3 Å². The number of aliphatic hydroxyl groups excluding tert-OH is 2. The standard InChI is InChI=1S/C36H28N2O12/c39-13-5-22(41)15-10-25(44)35(49-27(15)7-13)17-9-21-31(38-20-4-2-1-3-19(20)37-21)33(47)29(17)30-18(12-24(43)32(46)34(30)48)36-26(45)11-16-23(42)6-14(40)8-28(16)50-36/h1-9,12,25-26,35-36,39-48H,10-11H2/t25-,26-,35?,36-/m1/s1. The molecular formula is C36H28N2O12. The highest BCUT2D eigenvalue weighted by Gasteiger charge is 2.40. The first-order valence-corrected chi connectivity index (χ1v) is 15.4. The number of nitrogens with zero attached hydrogens (tertiary/aromatic N) is 2. The third kappa shape index (κ3) is 4.72. The van der Waals surface area contributed by atoms with Crippen LogP contribution in [0.1, 0.15) is 34.5 Å². The fourth-order valence-corrected chi connectivity index (χ4v) is 6.86. The Hall–Kier alpha value is -6.38. The highest BCUT2D eigenvalue weighted by atomic mass is 16.5. The van der Waals surface area contributed by atoms with E-state index in [1.165, 1.54) is 18.2 Å². The Kier molecular flexibility index (Phi) is 6.85. The Balaban J connectivity index is 1.42. The van der Waals surface area contributed by atoms with Gasteiger partial charge in [-0.05, 0) is 24.3 Å². The highest BCUT2D eigenvalue weighted by molar-refractivity contribution is 5.98. The van der Waals surface area contributed by atoms with Gasteiger partial charge in [0.25, 0.3) is 0 Å². The number of rotatable bonds is 3. The molecule has 1 unspecified atom stereocenters. The van der Waals surface area contributed by atoms with Gasteiger partial charge in [-0.3, -0.25) is 0 Å². The van der Waals surface area contributed by atoms with Crippen LogP contribution in [0.5, 0.6) is 57.5 Å². The van der Waals surface area contributed by atoms with Crippen molar-refractivity contribution in [2.24, 2.45) is 0 Å². The minimum absolute atomic E-state index is 0.00296. The summed E-state index contributed by atoms with van der Waals surface area (Å²) in [5.41, 5.74) is 0.627. The van der Waals surface area contributed by atoms with Crippen molar-refractivity contribution in [3.05, 3.63) is 82.9 Å². The lowest BCUT2D eigenvalue weighted by molar-refractivity contribution is 0.0189. The summed E-state index contributed by atoms with van der Waals surface area (Å²) in [4.78, 5) is 9.23. The summed E-state index contributed by atoms with van der Waals surface area (Å²) < 4.78 is 12.2. The van der Waals surface area contributed by atoms with Gasteiger partial charge in [-0.2, -0.15) is 0 Å². The minimum Gasteiger partial charge on any atom is -0.508 e. The van der Waals surface area contributed by atoms with E-state index in [0.717, 1.165) is 18.2 Å². The number of aromatic nitrogens is 2. The van der Waals surface area contributed by atoms with Crippen molar-refractivity contribution in [3.63, 3.8) is 0 Å². The second-order valence-corrected chi connectivity index (χ2v) is 12.3. The molecule has 254 valence electrons. The molecular weight excluding hydrogens is 652 g/mol. The Morgan fingerprint density at radius 2 is 1.02 bits per heavy atom. The quantitative estimate of drug-likeness (QED) is 0.0931. The van der Waals surface area contributed by atoms with E-state index in [4.69, 9.17) is 9.47 Å². The lowest BCUT2D eigenvalue weighted by Crippen LogP contribution is -2.32. The summed E-state index contributed by atoms with van der Waals surface area (Å²) >= 11 is 0. The molecule has 5 aromatic carbocycles. The molecule has 14 nitrogen and oxygen atoms in total. The average molecular weight is 681 g/mol. The van der Waals surface area contributed by atoms with Crippen molar-refractivity contribution in [1.29, 1.82) is 0 Å². The molecule has 3 heterocycles. The highest BCUT2D eigenvalue weighted by Crippen LogP contribution is 2.55. The second kappa shape index (κ2) is 11.1. The number of aromatic hydroxyl groups is 8. The number of ether oxygens (including phenoxy) is 2. The number of phenols is 8. The maximum Gasteiger partial charge on any atom is 0.200 e. The maximum atomic E-state index is 12.1. The molecule has 50 heavy (non-hydrogen) atoms. The molecule has 6 aromatic rings. The summed E-state index contributed by atoms with van der Waals surface area (Å²) in [6, 6.07) is 14.0. The molecule has 4 atom stereocenters. The predicted molar refractivity (Wildman–Crippen MR) is 175 cm³/mol. The molecule has 0 saturated heterocycles. The van der Waals surface area contributed by atoms with Gasteiger partial charge in [0.2, 0.25) is 5.75 Å². The molecule has 0 saturated carbocycles. The van der Waals surface area contributed by atoms with E-state index in [0.29, 0.717) is 11.0 Å². The summed E-state index contributed by atoms with van der Waals surface area (Å²) in [6.07, 6.45) is -6.00. The summed E-state index contributed by atoms with van der Waals surface area (Å²) in [5, 5.41) is 109. The summed E-state index contributed by atoms with van der Waals surface area (Å²) in [5.74, 6) is -4.62. The minimum atomic E-state index is -1.44. The van der Waals surface area contributed by atoms with Gasteiger partial charge < -0.3 is 60.5 Å². The topological polar surface area (TPSA) is 247 Å². The van der Waals surface area contributed by atoms with Crippen LogP contribution in [0.4, 0.5) is 0 Å². The van der Waals surface area contributed by atoms with Gasteiger partial charge in [0.15, 0.2) is 29.5 Å². The zero-order chi connectivity index (χ0) is 35.2. The fraction of sp³-hybridized carbons (Fsp3) is 0.167. The SMILES string of the molecule is Oc1cc(O)c2c(c1)OC(c1cc3nc4ccccc4nc3c(O)c1-c1c([C@H]3Oc4cc(O)cc(O)c4C[C@H]3O)cc(O)c(O)c1O)[C@H](O)C2. The van der Waals surface area contributed by atoms with Crippen LogP contribution < -0.4 is 9.47 Å². The lowest BCUT2D eigenvalue weighted by atomic mass is 9.83. The van der Waals surface area contributed by atoms with Crippen molar-refractivity contribution in [3.8, 4) is 68.6 Å². The smallest absolute Gasteiger partial charge is 0.200 e. The average Bonchev–Trinajstić information content (AvgIpc) is 3.07. The second-order valence-electron chi connectivity index (χ2n) is 12.3. The van der Waals surface area contributed by atoms with Gasteiger partial charge in [0.1, 0.15) is 40.0 Å². The lowest BCUT2D eigenvalue weighted by Gasteiger charge is -2.35. The molecule has 0 spiro atoms.